The van der Waals surface area contributed by atoms with Gasteiger partial charge in [0.15, 0.2) is 0 Å². The van der Waals surface area contributed by atoms with Crippen LogP contribution in [0.25, 0.3) is 0 Å². The maximum absolute atomic E-state index is 10.1. The molecule has 2 nitrogen and oxygen atoms in total. The highest BCUT2D eigenvalue weighted by atomic mass is 16.1. The SMILES string of the molecule is CCCC(C)N(C)C=O. The summed E-state index contributed by atoms with van der Waals surface area (Å²) in [6.07, 6.45) is 3.11. The van der Waals surface area contributed by atoms with Gasteiger partial charge in [-0.2, -0.15) is 0 Å². The molecule has 0 aliphatic heterocycles. The van der Waals surface area contributed by atoms with Crippen molar-refractivity contribution in [1.82, 2.24) is 4.90 Å². The predicted molar refractivity (Wildman–Crippen MR) is 38.2 cm³/mol. The first kappa shape index (κ1) is 8.47. The van der Waals surface area contributed by atoms with Crippen LogP contribution in [-0.2, 0) is 4.79 Å². The summed E-state index contributed by atoms with van der Waals surface area (Å²) < 4.78 is 0. The van der Waals surface area contributed by atoms with Crippen LogP contribution in [0.1, 0.15) is 26.7 Å². The largest absolute Gasteiger partial charge is 0.346 e. The summed E-state index contributed by atoms with van der Waals surface area (Å²) in [5.74, 6) is 0. The van der Waals surface area contributed by atoms with Crippen LogP contribution in [0.2, 0.25) is 0 Å². The molecule has 1 unspecified atom stereocenters. The highest BCUT2D eigenvalue weighted by Gasteiger charge is 2.02. The van der Waals surface area contributed by atoms with Gasteiger partial charge < -0.3 is 4.90 Å². The lowest BCUT2D eigenvalue weighted by molar-refractivity contribution is -0.118. The van der Waals surface area contributed by atoms with Crippen LogP contribution in [0.15, 0.2) is 0 Å². The molecule has 0 N–H and O–H groups in total. The summed E-state index contributed by atoms with van der Waals surface area (Å²) in [5.41, 5.74) is 0. The van der Waals surface area contributed by atoms with E-state index in [0.717, 1.165) is 19.3 Å². The first-order valence-corrected chi connectivity index (χ1v) is 3.39. The van der Waals surface area contributed by atoms with Crippen LogP contribution in [-0.4, -0.2) is 24.4 Å². The number of hydrogen-bond acceptors (Lipinski definition) is 1. The Bertz CT molecular complexity index is 83.0. The highest BCUT2D eigenvalue weighted by Crippen LogP contribution is 2.00. The van der Waals surface area contributed by atoms with Gasteiger partial charge in [-0.3, -0.25) is 4.79 Å². The van der Waals surface area contributed by atoms with Gasteiger partial charge in [0.05, 0.1) is 0 Å². The van der Waals surface area contributed by atoms with Crippen molar-refractivity contribution in [3.63, 3.8) is 0 Å². The van der Waals surface area contributed by atoms with Crippen LogP contribution in [0.3, 0.4) is 0 Å². The van der Waals surface area contributed by atoms with E-state index >= 15 is 0 Å². The fourth-order valence-electron chi connectivity index (χ4n) is 0.725. The predicted octanol–water partition coefficient (Wildman–Crippen LogP) is 1.26. The summed E-state index contributed by atoms with van der Waals surface area (Å²) in [4.78, 5) is 11.8. The molecule has 0 saturated heterocycles. The van der Waals surface area contributed by atoms with E-state index in [2.05, 4.69) is 13.8 Å². The molecular formula is C7H15NO. The van der Waals surface area contributed by atoms with Gasteiger partial charge in [0, 0.05) is 13.1 Å². The van der Waals surface area contributed by atoms with Gasteiger partial charge in [-0.25, -0.2) is 0 Å². The van der Waals surface area contributed by atoms with Crippen molar-refractivity contribution in [2.24, 2.45) is 0 Å². The first-order chi connectivity index (χ1) is 4.22. The third-order valence-electron chi connectivity index (χ3n) is 1.57. The third-order valence-corrected chi connectivity index (χ3v) is 1.57. The first-order valence-electron chi connectivity index (χ1n) is 3.39. The summed E-state index contributed by atoms with van der Waals surface area (Å²) in [7, 11) is 1.81. The van der Waals surface area contributed by atoms with E-state index in [4.69, 9.17) is 0 Å². The van der Waals surface area contributed by atoms with E-state index in [0.29, 0.717) is 6.04 Å². The van der Waals surface area contributed by atoms with Crippen molar-refractivity contribution >= 4 is 6.41 Å². The number of nitrogens with zero attached hydrogens (tertiary/aromatic N) is 1. The average molecular weight is 129 g/mol. The lowest BCUT2D eigenvalue weighted by Crippen LogP contribution is -2.26. The molecule has 0 bridgehead atoms. The maximum Gasteiger partial charge on any atom is 0.209 e. The minimum atomic E-state index is 0.396. The summed E-state index contributed by atoms with van der Waals surface area (Å²) in [5, 5.41) is 0. The Balaban J connectivity index is 3.44. The van der Waals surface area contributed by atoms with E-state index < -0.39 is 0 Å². The lowest BCUT2D eigenvalue weighted by atomic mass is 10.2. The Kier molecular flexibility index (Phi) is 4.10. The molecule has 9 heavy (non-hydrogen) atoms. The number of carbonyl (C=O) groups excluding carboxylic acids is 1. The fourth-order valence-corrected chi connectivity index (χ4v) is 0.725. The molecule has 0 saturated carbocycles. The van der Waals surface area contributed by atoms with Gasteiger partial charge in [-0.1, -0.05) is 13.3 Å². The maximum atomic E-state index is 10.1. The average Bonchev–Trinajstić information content (AvgIpc) is 1.87. The molecule has 0 aromatic carbocycles. The molecule has 0 aliphatic carbocycles. The number of amides is 1. The molecule has 0 radical (unpaired) electrons. The summed E-state index contributed by atoms with van der Waals surface area (Å²) in [6, 6.07) is 0.396. The molecule has 2 heteroatoms. The van der Waals surface area contributed by atoms with Crippen molar-refractivity contribution in [1.29, 1.82) is 0 Å². The van der Waals surface area contributed by atoms with Crippen LogP contribution >= 0.6 is 0 Å². The Labute approximate surface area is 56.9 Å². The fraction of sp³-hybridized carbons (Fsp3) is 0.857. The van der Waals surface area contributed by atoms with E-state index in [1.807, 2.05) is 7.05 Å². The van der Waals surface area contributed by atoms with E-state index in [1.165, 1.54) is 0 Å². The minimum absolute atomic E-state index is 0.396. The second-order valence-corrected chi connectivity index (χ2v) is 2.41. The summed E-state index contributed by atoms with van der Waals surface area (Å²) in [6.45, 7) is 4.17. The van der Waals surface area contributed by atoms with Gasteiger partial charge >= 0.3 is 0 Å². The van der Waals surface area contributed by atoms with Crippen LogP contribution in [0.4, 0.5) is 0 Å². The number of carbonyl (C=O) groups is 1. The zero-order chi connectivity index (χ0) is 7.28. The molecule has 1 amide bonds. The monoisotopic (exact) mass is 129 g/mol. The van der Waals surface area contributed by atoms with Crippen molar-refractivity contribution in [2.75, 3.05) is 7.05 Å². The molecule has 0 spiro atoms. The number of rotatable bonds is 4. The van der Waals surface area contributed by atoms with Crippen molar-refractivity contribution < 1.29 is 4.79 Å². The molecule has 0 aliphatic rings. The van der Waals surface area contributed by atoms with Gasteiger partial charge in [-0.15, -0.1) is 0 Å². The van der Waals surface area contributed by atoms with Crippen LogP contribution in [0.5, 0.6) is 0 Å². The topological polar surface area (TPSA) is 20.3 Å². The molecule has 0 aromatic rings. The summed E-state index contributed by atoms with van der Waals surface area (Å²) >= 11 is 0. The molecule has 0 fully saturated rings. The Hall–Kier alpha value is -0.530. The molecule has 0 heterocycles. The van der Waals surface area contributed by atoms with E-state index in [9.17, 15) is 4.79 Å². The molecule has 0 rings (SSSR count). The Morgan fingerprint density at radius 1 is 1.67 bits per heavy atom. The Morgan fingerprint density at radius 2 is 2.22 bits per heavy atom. The second kappa shape index (κ2) is 4.36. The molecule has 54 valence electrons. The third kappa shape index (κ3) is 3.12. The van der Waals surface area contributed by atoms with Gasteiger partial charge in [0.25, 0.3) is 0 Å². The van der Waals surface area contributed by atoms with Gasteiger partial charge in [-0.05, 0) is 13.3 Å². The van der Waals surface area contributed by atoms with Crippen molar-refractivity contribution in [3.8, 4) is 0 Å². The quantitative estimate of drug-likeness (QED) is 0.523. The standard InChI is InChI=1S/C7H15NO/c1-4-5-7(2)8(3)6-9/h6-7H,4-5H2,1-3H3. The smallest absolute Gasteiger partial charge is 0.209 e. The van der Waals surface area contributed by atoms with Crippen molar-refractivity contribution in [2.45, 2.75) is 32.7 Å². The van der Waals surface area contributed by atoms with Gasteiger partial charge in [0.1, 0.15) is 0 Å². The van der Waals surface area contributed by atoms with Crippen LogP contribution in [0, 0.1) is 0 Å². The molecular weight excluding hydrogens is 114 g/mol. The van der Waals surface area contributed by atoms with E-state index in [1.54, 1.807) is 4.90 Å². The van der Waals surface area contributed by atoms with E-state index in [-0.39, 0.29) is 0 Å². The van der Waals surface area contributed by atoms with Gasteiger partial charge in [0.2, 0.25) is 6.41 Å². The molecule has 1 atom stereocenters. The lowest BCUT2D eigenvalue weighted by Gasteiger charge is -2.18. The molecule has 0 aromatic heterocycles. The van der Waals surface area contributed by atoms with Crippen LogP contribution < -0.4 is 0 Å². The minimum Gasteiger partial charge on any atom is -0.346 e. The number of hydrogen-bond donors (Lipinski definition) is 0. The van der Waals surface area contributed by atoms with Crippen molar-refractivity contribution in [3.05, 3.63) is 0 Å². The second-order valence-electron chi connectivity index (χ2n) is 2.41. The highest BCUT2D eigenvalue weighted by molar-refractivity contribution is 5.46. The normalized spacial score (nSPS) is 12.8. The zero-order valence-corrected chi connectivity index (χ0v) is 6.42. The Morgan fingerprint density at radius 3 is 2.56 bits per heavy atom. The zero-order valence-electron chi connectivity index (χ0n) is 6.42.